The number of anilines is 2. The van der Waals surface area contributed by atoms with Crippen LogP contribution in [0.4, 0.5) is 15.9 Å². The molecule has 4 aromatic carbocycles. The van der Waals surface area contributed by atoms with E-state index in [1.54, 1.807) is 12.1 Å². The molecule has 0 saturated heterocycles. The molecule has 0 fully saturated rings. The number of nitrogens with zero attached hydrogens (tertiary/aromatic N) is 3. The average molecular weight is 477 g/mol. The fourth-order valence-corrected chi connectivity index (χ4v) is 4.11. The summed E-state index contributed by atoms with van der Waals surface area (Å²) in [5.74, 6) is 0.813. The van der Waals surface area contributed by atoms with Crippen molar-refractivity contribution in [3.8, 4) is 11.4 Å². The molecule has 0 aliphatic heterocycles. The molecule has 5 nitrogen and oxygen atoms in total. The number of halogens is 1. The van der Waals surface area contributed by atoms with E-state index in [2.05, 4.69) is 22.3 Å². The molecule has 0 unspecified atom stereocenters. The van der Waals surface area contributed by atoms with Gasteiger partial charge in [0.25, 0.3) is 0 Å². The molecule has 1 amide bonds. The van der Waals surface area contributed by atoms with E-state index in [1.165, 1.54) is 12.1 Å². The highest BCUT2D eigenvalue weighted by Crippen LogP contribution is 2.29. The molecule has 0 aliphatic carbocycles. The summed E-state index contributed by atoms with van der Waals surface area (Å²) in [6.45, 7) is 0.995. The highest BCUT2D eigenvalue weighted by molar-refractivity contribution is 5.93. The number of hydrogen-bond acceptors (Lipinski definition) is 4. The fraction of sp³-hybridized carbons (Fsp3) is 0.100. The van der Waals surface area contributed by atoms with Crippen LogP contribution in [-0.4, -0.2) is 22.4 Å². The smallest absolute Gasteiger partial charge is 0.226 e. The van der Waals surface area contributed by atoms with Crippen LogP contribution in [-0.2, 0) is 11.3 Å². The molecule has 178 valence electrons. The average Bonchev–Trinajstić information content (AvgIpc) is 2.91. The lowest BCUT2D eigenvalue weighted by Gasteiger charge is -2.25. The van der Waals surface area contributed by atoms with Crippen LogP contribution >= 0.6 is 0 Å². The van der Waals surface area contributed by atoms with Gasteiger partial charge in [-0.05, 0) is 35.9 Å². The molecule has 1 heterocycles. The van der Waals surface area contributed by atoms with Gasteiger partial charge >= 0.3 is 0 Å². The number of fused-ring (bicyclic) bond motifs is 1. The molecule has 0 atom stereocenters. The lowest BCUT2D eigenvalue weighted by molar-refractivity contribution is -0.116. The molecule has 6 heteroatoms. The van der Waals surface area contributed by atoms with Crippen LogP contribution in [0.25, 0.3) is 22.3 Å². The normalized spacial score (nSPS) is 10.8. The topological polar surface area (TPSA) is 58.1 Å². The highest BCUT2D eigenvalue weighted by atomic mass is 19.1. The number of carbonyl (C=O) groups is 1. The molecule has 0 radical (unpaired) electrons. The Kier molecular flexibility index (Phi) is 6.94. The van der Waals surface area contributed by atoms with E-state index in [9.17, 15) is 9.18 Å². The van der Waals surface area contributed by atoms with Crippen molar-refractivity contribution in [2.45, 2.75) is 13.0 Å². The van der Waals surface area contributed by atoms with Gasteiger partial charge in [-0.3, -0.25) is 4.79 Å². The van der Waals surface area contributed by atoms with E-state index in [1.807, 2.05) is 72.8 Å². The first-order valence-corrected chi connectivity index (χ1v) is 11.8. The van der Waals surface area contributed by atoms with Gasteiger partial charge in [-0.25, -0.2) is 14.4 Å². The van der Waals surface area contributed by atoms with Crippen molar-refractivity contribution in [3.63, 3.8) is 0 Å². The molecule has 5 aromatic rings. The van der Waals surface area contributed by atoms with Crippen molar-refractivity contribution in [3.05, 3.63) is 121 Å². The zero-order valence-corrected chi connectivity index (χ0v) is 19.6. The number of benzene rings is 4. The summed E-state index contributed by atoms with van der Waals surface area (Å²) in [4.78, 5) is 24.7. The number of para-hydroxylation sites is 1. The van der Waals surface area contributed by atoms with Crippen LogP contribution in [0, 0.1) is 5.82 Å². The minimum atomic E-state index is -0.389. The molecule has 1 N–H and O–H groups in total. The Bertz CT molecular complexity index is 1470. The maximum absolute atomic E-state index is 13.5. The van der Waals surface area contributed by atoms with Crippen molar-refractivity contribution >= 4 is 28.3 Å². The van der Waals surface area contributed by atoms with Crippen LogP contribution < -0.4 is 10.2 Å². The zero-order chi connectivity index (χ0) is 24.7. The molecule has 36 heavy (non-hydrogen) atoms. The van der Waals surface area contributed by atoms with Gasteiger partial charge in [0.15, 0.2) is 5.82 Å². The van der Waals surface area contributed by atoms with Gasteiger partial charge in [0.05, 0.1) is 5.52 Å². The number of hydrogen-bond donors (Lipinski definition) is 1. The summed E-state index contributed by atoms with van der Waals surface area (Å²) in [5.41, 5.74) is 3.30. The van der Waals surface area contributed by atoms with E-state index in [4.69, 9.17) is 9.97 Å². The van der Waals surface area contributed by atoms with Crippen molar-refractivity contribution in [1.29, 1.82) is 0 Å². The third-order valence-corrected chi connectivity index (χ3v) is 5.85. The largest absolute Gasteiger partial charge is 0.351 e. The molecule has 0 aliphatic rings. The van der Waals surface area contributed by atoms with Crippen LogP contribution in [0.3, 0.4) is 0 Å². The zero-order valence-electron chi connectivity index (χ0n) is 19.6. The molecule has 0 saturated carbocycles. The Morgan fingerprint density at radius 1 is 0.806 bits per heavy atom. The van der Waals surface area contributed by atoms with Crippen LogP contribution in [0.2, 0.25) is 0 Å². The van der Waals surface area contributed by atoms with Crippen LogP contribution in [0.5, 0.6) is 0 Å². The molecular formula is C30H25FN4O. The molecule has 0 bridgehead atoms. The second-order valence-electron chi connectivity index (χ2n) is 8.47. The second-order valence-corrected chi connectivity index (χ2v) is 8.47. The standard InChI is InChI=1S/C30H25FN4O/c31-24-14-9-15-25(20-24)32-28(36)18-19-35(21-22-10-3-1-4-11-22)30-26-16-7-8-17-27(26)33-29(34-30)23-12-5-2-6-13-23/h1-17,20H,18-19,21H2,(H,32,36). The Morgan fingerprint density at radius 2 is 1.53 bits per heavy atom. The van der Waals surface area contributed by atoms with E-state index in [0.29, 0.717) is 24.6 Å². The second kappa shape index (κ2) is 10.8. The van der Waals surface area contributed by atoms with Crippen molar-refractivity contribution in [2.24, 2.45) is 0 Å². The van der Waals surface area contributed by atoms with Gasteiger partial charge < -0.3 is 10.2 Å². The monoisotopic (exact) mass is 476 g/mol. The van der Waals surface area contributed by atoms with Gasteiger partial charge in [0, 0.05) is 36.1 Å². The van der Waals surface area contributed by atoms with E-state index in [-0.39, 0.29) is 18.1 Å². The summed E-state index contributed by atoms with van der Waals surface area (Å²) >= 11 is 0. The van der Waals surface area contributed by atoms with Gasteiger partial charge in [-0.2, -0.15) is 0 Å². The first-order valence-electron chi connectivity index (χ1n) is 11.8. The van der Waals surface area contributed by atoms with E-state index >= 15 is 0 Å². The summed E-state index contributed by atoms with van der Waals surface area (Å²) in [7, 11) is 0. The van der Waals surface area contributed by atoms with Crippen molar-refractivity contribution in [1.82, 2.24) is 9.97 Å². The minimum Gasteiger partial charge on any atom is -0.351 e. The van der Waals surface area contributed by atoms with Crippen molar-refractivity contribution in [2.75, 3.05) is 16.8 Å². The lowest BCUT2D eigenvalue weighted by atomic mass is 10.1. The SMILES string of the molecule is O=C(CCN(Cc1ccccc1)c1nc(-c2ccccc2)nc2ccccc12)Nc1cccc(F)c1. The third-order valence-electron chi connectivity index (χ3n) is 5.85. The predicted octanol–water partition coefficient (Wildman–Crippen LogP) is 6.47. The number of carbonyl (C=O) groups excluding carboxylic acids is 1. The molecular weight excluding hydrogens is 451 g/mol. The van der Waals surface area contributed by atoms with E-state index < -0.39 is 0 Å². The Labute approximate surface area is 209 Å². The Balaban J connectivity index is 1.49. The van der Waals surface area contributed by atoms with Crippen LogP contribution in [0.15, 0.2) is 109 Å². The summed E-state index contributed by atoms with van der Waals surface area (Å²) in [6.07, 6.45) is 0.211. The minimum absolute atomic E-state index is 0.194. The van der Waals surface area contributed by atoms with E-state index in [0.717, 1.165) is 27.8 Å². The van der Waals surface area contributed by atoms with Gasteiger partial charge in [-0.1, -0.05) is 78.9 Å². The summed E-state index contributed by atoms with van der Waals surface area (Å²) in [6, 6.07) is 33.8. The maximum Gasteiger partial charge on any atom is 0.226 e. The predicted molar refractivity (Wildman–Crippen MR) is 142 cm³/mol. The number of aromatic nitrogens is 2. The molecule has 5 rings (SSSR count). The lowest BCUT2D eigenvalue weighted by Crippen LogP contribution is -2.28. The molecule has 0 spiro atoms. The first-order chi connectivity index (χ1) is 17.7. The number of amides is 1. The van der Waals surface area contributed by atoms with Crippen molar-refractivity contribution < 1.29 is 9.18 Å². The van der Waals surface area contributed by atoms with Gasteiger partial charge in [0.2, 0.25) is 5.91 Å². The summed E-state index contributed by atoms with van der Waals surface area (Å²) in [5, 5.41) is 3.70. The molecule has 1 aromatic heterocycles. The summed E-state index contributed by atoms with van der Waals surface area (Å²) < 4.78 is 13.5. The maximum atomic E-state index is 13.5. The van der Waals surface area contributed by atoms with Crippen LogP contribution in [0.1, 0.15) is 12.0 Å². The third kappa shape index (κ3) is 5.55. The Morgan fingerprint density at radius 3 is 2.31 bits per heavy atom. The number of rotatable bonds is 8. The van der Waals surface area contributed by atoms with Gasteiger partial charge in [0.1, 0.15) is 11.6 Å². The fourth-order valence-electron chi connectivity index (χ4n) is 4.11. The quantitative estimate of drug-likeness (QED) is 0.279. The van der Waals surface area contributed by atoms with Gasteiger partial charge in [-0.15, -0.1) is 0 Å². The Hall–Kier alpha value is -4.58. The highest BCUT2D eigenvalue weighted by Gasteiger charge is 2.17. The number of nitrogens with one attached hydrogen (secondary N) is 1. The first kappa shape index (κ1) is 23.2.